The second-order valence-corrected chi connectivity index (χ2v) is 4.08. The summed E-state index contributed by atoms with van der Waals surface area (Å²) in [5.74, 6) is 0.435. The molecule has 0 aliphatic rings. The summed E-state index contributed by atoms with van der Waals surface area (Å²) < 4.78 is 1.18. The fourth-order valence-electron chi connectivity index (χ4n) is 1.20. The van der Waals surface area contributed by atoms with Crippen molar-refractivity contribution in [3.05, 3.63) is 23.0 Å². The van der Waals surface area contributed by atoms with Gasteiger partial charge in [-0.3, -0.25) is 4.98 Å². The molecule has 0 radical (unpaired) electrons. The molecule has 4 heteroatoms. The number of pyridine rings is 1. The summed E-state index contributed by atoms with van der Waals surface area (Å²) in [6, 6.07) is 1.99. The highest BCUT2D eigenvalue weighted by Gasteiger charge is 2.06. The average Bonchev–Trinajstić information content (AvgIpc) is 2.59. The van der Waals surface area contributed by atoms with E-state index in [9.17, 15) is 0 Å². The zero-order valence-electron chi connectivity index (χ0n) is 7.25. The molecule has 2 aromatic heterocycles. The van der Waals surface area contributed by atoms with Crippen LogP contribution in [-0.2, 0) is 12.3 Å². The number of alkyl halides is 1. The largest absolute Gasteiger partial charge is 0.258 e. The maximum absolute atomic E-state index is 5.76. The summed E-state index contributed by atoms with van der Waals surface area (Å²) in [6.07, 6.45) is 2.76. The average molecular weight is 213 g/mol. The maximum atomic E-state index is 5.76. The molecule has 0 aliphatic carbocycles. The van der Waals surface area contributed by atoms with E-state index in [1.807, 2.05) is 6.07 Å². The van der Waals surface area contributed by atoms with E-state index in [-0.39, 0.29) is 0 Å². The van der Waals surface area contributed by atoms with Gasteiger partial charge in [0.15, 0.2) is 0 Å². The third kappa shape index (κ3) is 1.54. The van der Waals surface area contributed by atoms with Crippen LogP contribution >= 0.6 is 22.9 Å². The molecule has 2 heterocycles. The molecule has 0 aromatic carbocycles. The Hall–Kier alpha value is -0.670. The third-order valence-corrected chi connectivity index (χ3v) is 3.27. The van der Waals surface area contributed by atoms with Crippen molar-refractivity contribution in [1.82, 2.24) is 9.97 Å². The van der Waals surface area contributed by atoms with Crippen LogP contribution in [0.4, 0.5) is 0 Å². The van der Waals surface area contributed by atoms with E-state index in [0.29, 0.717) is 5.88 Å². The molecule has 68 valence electrons. The van der Waals surface area contributed by atoms with Gasteiger partial charge in [0.2, 0.25) is 0 Å². The third-order valence-electron chi connectivity index (χ3n) is 1.86. The van der Waals surface area contributed by atoms with E-state index in [1.165, 1.54) is 4.70 Å². The summed E-state index contributed by atoms with van der Waals surface area (Å²) in [5.41, 5.74) is 1.86. The molecule has 2 nitrogen and oxygen atoms in total. The summed E-state index contributed by atoms with van der Waals surface area (Å²) in [5, 5.41) is 1.15. The van der Waals surface area contributed by atoms with Crippen LogP contribution in [0.2, 0.25) is 0 Å². The minimum Gasteiger partial charge on any atom is -0.258 e. The van der Waals surface area contributed by atoms with Crippen molar-refractivity contribution in [3.8, 4) is 0 Å². The SMILES string of the molecule is CCc1nc2c(CCl)nccc2s1. The molecule has 13 heavy (non-hydrogen) atoms. The van der Waals surface area contributed by atoms with E-state index < -0.39 is 0 Å². The first kappa shape index (κ1) is 8.91. The Labute approximate surface area is 85.6 Å². The van der Waals surface area contributed by atoms with Crippen LogP contribution in [-0.4, -0.2) is 9.97 Å². The van der Waals surface area contributed by atoms with Crippen molar-refractivity contribution in [2.24, 2.45) is 0 Å². The molecule has 2 aromatic rings. The normalized spacial score (nSPS) is 10.9. The van der Waals surface area contributed by atoms with Crippen molar-refractivity contribution in [1.29, 1.82) is 0 Å². The van der Waals surface area contributed by atoms with Crippen LogP contribution in [0, 0.1) is 0 Å². The van der Waals surface area contributed by atoms with Gasteiger partial charge in [-0.15, -0.1) is 22.9 Å². The molecule has 0 saturated heterocycles. The number of fused-ring (bicyclic) bond motifs is 1. The highest BCUT2D eigenvalue weighted by molar-refractivity contribution is 7.18. The molecule has 0 saturated carbocycles. The number of aryl methyl sites for hydroxylation is 1. The fourth-order valence-corrected chi connectivity index (χ4v) is 2.32. The minimum absolute atomic E-state index is 0.435. The molecule has 0 aliphatic heterocycles. The molecular weight excluding hydrogens is 204 g/mol. The first-order chi connectivity index (χ1) is 6.35. The molecule has 0 atom stereocenters. The smallest absolute Gasteiger partial charge is 0.104 e. The molecule has 0 fully saturated rings. The van der Waals surface area contributed by atoms with Crippen molar-refractivity contribution < 1.29 is 0 Å². The molecule has 2 rings (SSSR count). The van der Waals surface area contributed by atoms with Gasteiger partial charge in [-0.05, 0) is 12.5 Å². The first-order valence-corrected chi connectivity index (χ1v) is 5.49. The van der Waals surface area contributed by atoms with Gasteiger partial charge in [-0.2, -0.15) is 0 Å². The highest BCUT2D eigenvalue weighted by Crippen LogP contribution is 2.24. The Morgan fingerprint density at radius 3 is 3.08 bits per heavy atom. The van der Waals surface area contributed by atoms with Gasteiger partial charge in [0.25, 0.3) is 0 Å². The number of thiazole rings is 1. The van der Waals surface area contributed by atoms with Gasteiger partial charge >= 0.3 is 0 Å². The van der Waals surface area contributed by atoms with Gasteiger partial charge in [0.05, 0.1) is 21.3 Å². The summed E-state index contributed by atoms with van der Waals surface area (Å²) in [4.78, 5) is 8.66. The maximum Gasteiger partial charge on any atom is 0.104 e. The highest BCUT2D eigenvalue weighted by atomic mass is 35.5. The van der Waals surface area contributed by atoms with Crippen LogP contribution in [0.3, 0.4) is 0 Å². The minimum atomic E-state index is 0.435. The zero-order valence-corrected chi connectivity index (χ0v) is 8.82. The van der Waals surface area contributed by atoms with Crippen molar-refractivity contribution in [2.75, 3.05) is 0 Å². The van der Waals surface area contributed by atoms with Crippen molar-refractivity contribution in [3.63, 3.8) is 0 Å². The Balaban J connectivity index is 2.67. The number of nitrogens with zero attached hydrogens (tertiary/aromatic N) is 2. The molecule has 0 unspecified atom stereocenters. The van der Waals surface area contributed by atoms with E-state index in [0.717, 1.165) is 22.6 Å². The zero-order chi connectivity index (χ0) is 9.26. The Morgan fingerprint density at radius 2 is 2.38 bits per heavy atom. The van der Waals surface area contributed by atoms with Gasteiger partial charge in [-0.25, -0.2) is 4.98 Å². The van der Waals surface area contributed by atoms with Crippen LogP contribution in [0.15, 0.2) is 12.3 Å². The summed E-state index contributed by atoms with van der Waals surface area (Å²) in [6.45, 7) is 2.10. The summed E-state index contributed by atoms with van der Waals surface area (Å²) >= 11 is 7.48. The number of aromatic nitrogens is 2. The van der Waals surface area contributed by atoms with Crippen LogP contribution in [0.25, 0.3) is 10.2 Å². The lowest BCUT2D eigenvalue weighted by Crippen LogP contribution is -1.86. The number of halogens is 1. The fraction of sp³-hybridized carbons (Fsp3) is 0.333. The predicted molar refractivity (Wildman–Crippen MR) is 56.4 cm³/mol. The second kappa shape index (κ2) is 3.60. The summed E-state index contributed by atoms with van der Waals surface area (Å²) in [7, 11) is 0. The molecule has 0 N–H and O–H groups in total. The Bertz CT molecular complexity index is 424. The first-order valence-electron chi connectivity index (χ1n) is 4.14. The lowest BCUT2D eigenvalue weighted by Gasteiger charge is -1.93. The molecule has 0 bridgehead atoms. The van der Waals surface area contributed by atoms with Gasteiger partial charge in [-0.1, -0.05) is 6.92 Å². The van der Waals surface area contributed by atoms with Crippen LogP contribution in [0.5, 0.6) is 0 Å². The van der Waals surface area contributed by atoms with E-state index in [2.05, 4.69) is 16.9 Å². The molecule has 0 amide bonds. The van der Waals surface area contributed by atoms with Gasteiger partial charge in [0, 0.05) is 6.20 Å². The molecule has 0 spiro atoms. The number of hydrogen-bond acceptors (Lipinski definition) is 3. The van der Waals surface area contributed by atoms with E-state index in [1.54, 1.807) is 17.5 Å². The van der Waals surface area contributed by atoms with E-state index in [4.69, 9.17) is 11.6 Å². The number of hydrogen-bond donors (Lipinski definition) is 0. The van der Waals surface area contributed by atoms with Crippen LogP contribution < -0.4 is 0 Å². The van der Waals surface area contributed by atoms with E-state index >= 15 is 0 Å². The van der Waals surface area contributed by atoms with Crippen LogP contribution in [0.1, 0.15) is 17.6 Å². The second-order valence-electron chi connectivity index (χ2n) is 2.70. The lowest BCUT2D eigenvalue weighted by molar-refractivity contribution is 1.09. The Kier molecular flexibility index (Phi) is 2.47. The lowest BCUT2D eigenvalue weighted by atomic mass is 10.3. The standard InChI is InChI=1S/C9H9ClN2S/c1-2-8-12-9-6(5-10)11-4-3-7(9)13-8/h3-4H,2,5H2,1H3. The van der Waals surface area contributed by atoms with Crippen molar-refractivity contribution >= 4 is 33.2 Å². The molecular formula is C9H9ClN2S. The van der Waals surface area contributed by atoms with Gasteiger partial charge in [0.1, 0.15) is 5.52 Å². The van der Waals surface area contributed by atoms with Gasteiger partial charge < -0.3 is 0 Å². The van der Waals surface area contributed by atoms with Crippen molar-refractivity contribution in [2.45, 2.75) is 19.2 Å². The predicted octanol–water partition coefficient (Wildman–Crippen LogP) is 2.99. The quantitative estimate of drug-likeness (QED) is 0.716. The Morgan fingerprint density at radius 1 is 1.54 bits per heavy atom. The topological polar surface area (TPSA) is 25.8 Å². The monoisotopic (exact) mass is 212 g/mol. The number of rotatable bonds is 2.